The molecule has 3 nitrogen and oxygen atoms in total. The Balaban J connectivity index is 1.92. The largest absolute Gasteiger partial charge is 0.490 e. The monoisotopic (exact) mass is 216 g/mol. The molecular formula is C13H16N2O. The topological polar surface area (TPSA) is 34.1 Å². The minimum absolute atomic E-state index is 0.487. The summed E-state index contributed by atoms with van der Waals surface area (Å²) in [6, 6.07) is 2.42. The third-order valence-electron chi connectivity index (χ3n) is 2.60. The summed E-state index contributed by atoms with van der Waals surface area (Å²) in [5, 5.41) is 3.39. The van der Waals surface area contributed by atoms with E-state index in [-0.39, 0.29) is 0 Å². The second-order valence-electron chi connectivity index (χ2n) is 3.89. The number of pyridine rings is 1. The highest BCUT2D eigenvalue weighted by molar-refractivity contribution is 5.36. The number of hydrogen-bond acceptors (Lipinski definition) is 3. The van der Waals surface area contributed by atoms with E-state index in [1.165, 1.54) is 12.8 Å². The Labute approximate surface area is 96.2 Å². The Bertz CT molecular complexity index is 400. The number of nitrogens with zero attached hydrogens (tertiary/aromatic N) is 1. The molecule has 1 aromatic heterocycles. The average Bonchev–Trinajstić information content (AvgIpc) is 2.80. The number of hydrogen-bond donors (Lipinski definition) is 1. The Morgan fingerprint density at radius 3 is 3.25 bits per heavy atom. The third kappa shape index (κ3) is 2.98. The molecule has 1 N–H and O–H groups in total. The van der Waals surface area contributed by atoms with Gasteiger partial charge in [0.2, 0.25) is 0 Å². The van der Waals surface area contributed by atoms with Crippen LogP contribution in [0.5, 0.6) is 5.75 Å². The maximum Gasteiger partial charge on any atom is 0.138 e. The summed E-state index contributed by atoms with van der Waals surface area (Å²) in [6.45, 7) is 3.63. The van der Waals surface area contributed by atoms with E-state index in [0.717, 1.165) is 17.9 Å². The molecule has 1 aliphatic rings. The van der Waals surface area contributed by atoms with Crippen molar-refractivity contribution in [3.05, 3.63) is 24.0 Å². The van der Waals surface area contributed by atoms with Gasteiger partial charge in [-0.05, 0) is 32.4 Å². The van der Waals surface area contributed by atoms with Crippen molar-refractivity contribution in [1.82, 2.24) is 10.3 Å². The van der Waals surface area contributed by atoms with Crippen LogP contribution in [-0.2, 0) is 0 Å². The van der Waals surface area contributed by atoms with Crippen LogP contribution >= 0.6 is 0 Å². The van der Waals surface area contributed by atoms with Crippen molar-refractivity contribution in [3.8, 4) is 17.6 Å². The fourth-order valence-electron chi connectivity index (χ4n) is 1.81. The van der Waals surface area contributed by atoms with Crippen LogP contribution in [0.25, 0.3) is 0 Å². The van der Waals surface area contributed by atoms with Crippen LogP contribution < -0.4 is 10.1 Å². The molecule has 0 bridgehead atoms. The SMILES string of the molecule is CC#Cc1cncc(OC[C@@H]2CCCN2)c1. The van der Waals surface area contributed by atoms with Gasteiger partial charge in [-0.3, -0.25) is 4.98 Å². The first-order chi connectivity index (χ1) is 7.88. The molecule has 0 saturated carbocycles. The quantitative estimate of drug-likeness (QED) is 0.779. The zero-order valence-corrected chi connectivity index (χ0v) is 9.49. The molecule has 2 heterocycles. The van der Waals surface area contributed by atoms with Crippen LogP contribution in [0.1, 0.15) is 25.3 Å². The van der Waals surface area contributed by atoms with Gasteiger partial charge in [0.25, 0.3) is 0 Å². The van der Waals surface area contributed by atoms with E-state index < -0.39 is 0 Å². The van der Waals surface area contributed by atoms with Gasteiger partial charge in [-0.1, -0.05) is 5.92 Å². The van der Waals surface area contributed by atoms with Crippen LogP contribution in [-0.4, -0.2) is 24.2 Å². The normalized spacial score (nSPS) is 18.9. The molecule has 0 aromatic carbocycles. The minimum Gasteiger partial charge on any atom is -0.490 e. The lowest BCUT2D eigenvalue weighted by molar-refractivity contribution is 0.276. The molecule has 1 fully saturated rings. The molecule has 2 rings (SSSR count). The van der Waals surface area contributed by atoms with Crippen LogP contribution in [0.2, 0.25) is 0 Å². The smallest absolute Gasteiger partial charge is 0.138 e. The van der Waals surface area contributed by atoms with Crippen molar-refractivity contribution >= 4 is 0 Å². The first kappa shape index (κ1) is 11.0. The van der Waals surface area contributed by atoms with E-state index in [2.05, 4.69) is 22.1 Å². The van der Waals surface area contributed by atoms with Gasteiger partial charge in [0.1, 0.15) is 12.4 Å². The Morgan fingerprint density at radius 1 is 1.56 bits per heavy atom. The van der Waals surface area contributed by atoms with Gasteiger partial charge in [-0.25, -0.2) is 0 Å². The lowest BCUT2D eigenvalue weighted by Gasteiger charge is -2.11. The predicted octanol–water partition coefficient (Wildman–Crippen LogP) is 1.58. The van der Waals surface area contributed by atoms with Gasteiger partial charge in [-0.2, -0.15) is 0 Å². The van der Waals surface area contributed by atoms with E-state index in [1.807, 2.05) is 13.0 Å². The summed E-state index contributed by atoms with van der Waals surface area (Å²) < 4.78 is 5.68. The molecule has 0 radical (unpaired) electrons. The first-order valence-corrected chi connectivity index (χ1v) is 5.62. The fourth-order valence-corrected chi connectivity index (χ4v) is 1.81. The summed E-state index contributed by atoms with van der Waals surface area (Å²) >= 11 is 0. The van der Waals surface area contributed by atoms with Gasteiger partial charge < -0.3 is 10.1 Å². The van der Waals surface area contributed by atoms with Gasteiger partial charge in [0.05, 0.1) is 6.20 Å². The lowest BCUT2D eigenvalue weighted by Crippen LogP contribution is -2.28. The second-order valence-corrected chi connectivity index (χ2v) is 3.89. The van der Waals surface area contributed by atoms with Gasteiger partial charge in [0.15, 0.2) is 0 Å². The summed E-state index contributed by atoms with van der Waals surface area (Å²) in [5.41, 5.74) is 0.902. The molecule has 3 heteroatoms. The first-order valence-electron chi connectivity index (χ1n) is 5.62. The van der Waals surface area contributed by atoms with Crippen LogP contribution in [0.3, 0.4) is 0 Å². The fraction of sp³-hybridized carbons (Fsp3) is 0.462. The molecular weight excluding hydrogens is 200 g/mol. The van der Waals surface area contributed by atoms with Crippen molar-refractivity contribution in [1.29, 1.82) is 0 Å². The zero-order valence-electron chi connectivity index (χ0n) is 9.49. The summed E-state index contributed by atoms with van der Waals surface area (Å²) in [4.78, 5) is 4.10. The number of ether oxygens (including phenoxy) is 1. The molecule has 1 aromatic rings. The van der Waals surface area contributed by atoms with E-state index >= 15 is 0 Å². The van der Waals surface area contributed by atoms with E-state index in [1.54, 1.807) is 12.4 Å². The van der Waals surface area contributed by atoms with Crippen molar-refractivity contribution in [2.45, 2.75) is 25.8 Å². The average molecular weight is 216 g/mol. The van der Waals surface area contributed by atoms with E-state index in [0.29, 0.717) is 12.6 Å². The zero-order chi connectivity index (χ0) is 11.2. The van der Waals surface area contributed by atoms with Crippen LogP contribution in [0.4, 0.5) is 0 Å². The highest BCUT2D eigenvalue weighted by Crippen LogP contribution is 2.12. The molecule has 84 valence electrons. The maximum absolute atomic E-state index is 5.68. The molecule has 1 atom stereocenters. The minimum atomic E-state index is 0.487. The molecule has 0 amide bonds. The van der Waals surface area contributed by atoms with Gasteiger partial charge in [-0.15, -0.1) is 5.92 Å². The standard InChI is InChI=1S/C13H16N2O/c1-2-4-11-7-13(9-14-8-11)16-10-12-5-3-6-15-12/h7-9,12,15H,3,5-6,10H2,1H3/t12-/m0/s1. The lowest BCUT2D eigenvalue weighted by atomic mass is 10.2. The summed E-state index contributed by atoms with van der Waals surface area (Å²) in [5.74, 6) is 6.62. The highest BCUT2D eigenvalue weighted by Gasteiger charge is 2.14. The second kappa shape index (κ2) is 5.53. The predicted molar refractivity (Wildman–Crippen MR) is 63.3 cm³/mol. The van der Waals surface area contributed by atoms with E-state index in [9.17, 15) is 0 Å². The number of rotatable bonds is 3. The molecule has 16 heavy (non-hydrogen) atoms. The number of aromatic nitrogens is 1. The summed E-state index contributed by atoms with van der Waals surface area (Å²) in [7, 11) is 0. The van der Waals surface area contributed by atoms with Crippen molar-refractivity contribution in [2.75, 3.05) is 13.2 Å². The highest BCUT2D eigenvalue weighted by atomic mass is 16.5. The van der Waals surface area contributed by atoms with Crippen molar-refractivity contribution in [3.63, 3.8) is 0 Å². The molecule has 1 aliphatic heterocycles. The summed E-state index contributed by atoms with van der Waals surface area (Å²) in [6.07, 6.45) is 5.92. The molecule has 0 aliphatic carbocycles. The van der Waals surface area contributed by atoms with Crippen LogP contribution in [0, 0.1) is 11.8 Å². The van der Waals surface area contributed by atoms with Gasteiger partial charge in [0, 0.05) is 17.8 Å². The molecule has 0 unspecified atom stereocenters. The Kier molecular flexibility index (Phi) is 3.79. The van der Waals surface area contributed by atoms with E-state index in [4.69, 9.17) is 4.74 Å². The Hall–Kier alpha value is -1.53. The van der Waals surface area contributed by atoms with Crippen molar-refractivity contribution in [2.24, 2.45) is 0 Å². The molecule has 0 spiro atoms. The third-order valence-corrected chi connectivity index (χ3v) is 2.60. The van der Waals surface area contributed by atoms with Crippen molar-refractivity contribution < 1.29 is 4.74 Å². The van der Waals surface area contributed by atoms with Gasteiger partial charge >= 0.3 is 0 Å². The Morgan fingerprint density at radius 2 is 2.50 bits per heavy atom. The maximum atomic E-state index is 5.68. The molecule has 1 saturated heterocycles. The van der Waals surface area contributed by atoms with Crippen LogP contribution in [0.15, 0.2) is 18.5 Å². The number of nitrogens with one attached hydrogen (secondary N) is 1.